The van der Waals surface area contributed by atoms with Crippen LogP contribution >= 0.6 is 0 Å². The van der Waals surface area contributed by atoms with E-state index in [-0.39, 0.29) is 12.4 Å². The predicted molar refractivity (Wildman–Crippen MR) is 97.2 cm³/mol. The molecule has 0 saturated heterocycles. The van der Waals surface area contributed by atoms with Crippen LogP contribution in [0.2, 0.25) is 0 Å². The predicted octanol–water partition coefficient (Wildman–Crippen LogP) is 3.58. The average molecular weight is 339 g/mol. The summed E-state index contributed by atoms with van der Waals surface area (Å²) >= 11 is 0. The average Bonchev–Trinajstić information content (AvgIpc) is 2.92. The number of aromatic nitrogens is 1. The van der Waals surface area contributed by atoms with Gasteiger partial charge in [-0.05, 0) is 35.9 Å². The van der Waals surface area contributed by atoms with Crippen LogP contribution in [0.4, 0.5) is 0 Å². The van der Waals surface area contributed by atoms with E-state index in [9.17, 15) is 4.79 Å². The van der Waals surface area contributed by atoms with Crippen LogP contribution in [0.1, 0.15) is 5.56 Å². The molecule has 0 radical (unpaired) electrons. The Kier molecular flexibility index (Phi) is 4.65. The third kappa shape index (κ3) is 2.93. The van der Waals surface area contributed by atoms with Crippen molar-refractivity contribution >= 4 is 16.9 Å². The number of benzene rings is 2. The molecule has 3 aromatic rings. The van der Waals surface area contributed by atoms with Gasteiger partial charge in [0.25, 0.3) is 0 Å². The lowest BCUT2D eigenvalue weighted by Crippen LogP contribution is -2.06. The Morgan fingerprint density at radius 1 is 1.04 bits per heavy atom. The van der Waals surface area contributed by atoms with Crippen molar-refractivity contribution in [3.8, 4) is 22.8 Å². The smallest absolute Gasteiger partial charge is 0.310 e. The van der Waals surface area contributed by atoms with Gasteiger partial charge in [-0.15, -0.1) is 0 Å². The molecule has 1 aromatic heterocycles. The van der Waals surface area contributed by atoms with Crippen LogP contribution in [0.15, 0.2) is 42.5 Å². The largest absolute Gasteiger partial charge is 0.497 e. The van der Waals surface area contributed by atoms with Gasteiger partial charge in [-0.1, -0.05) is 12.1 Å². The maximum atomic E-state index is 12.0. The molecule has 2 aromatic carbocycles. The fourth-order valence-corrected chi connectivity index (χ4v) is 3.21. The fourth-order valence-electron chi connectivity index (χ4n) is 3.21. The molecule has 0 unspecified atom stereocenters. The Balaban J connectivity index is 2.34. The lowest BCUT2D eigenvalue weighted by atomic mass is 10.0. The number of methoxy groups -OCH3 is 3. The van der Waals surface area contributed by atoms with Gasteiger partial charge in [0.05, 0.1) is 33.4 Å². The van der Waals surface area contributed by atoms with E-state index in [1.165, 1.54) is 7.11 Å². The van der Waals surface area contributed by atoms with Gasteiger partial charge < -0.3 is 18.8 Å². The minimum absolute atomic E-state index is 0.175. The van der Waals surface area contributed by atoms with Crippen molar-refractivity contribution in [2.45, 2.75) is 6.42 Å². The Labute approximate surface area is 146 Å². The molecular weight excluding hydrogens is 318 g/mol. The van der Waals surface area contributed by atoms with Gasteiger partial charge in [-0.25, -0.2) is 0 Å². The standard InChI is InChI=1S/C20H21NO4/c1-21-17-10-9-13(23-2)11-15(17)16(12-19(22)25-4)20(21)14-7-5-6-8-18(14)24-3/h5-11H,12H2,1-4H3. The maximum Gasteiger partial charge on any atom is 0.310 e. The third-order valence-corrected chi connectivity index (χ3v) is 4.42. The molecule has 25 heavy (non-hydrogen) atoms. The Morgan fingerprint density at radius 2 is 1.80 bits per heavy atom. The molecule has 0 aliphatic rings. The molecule has 0 saturated carbocycles. The molecular formula is C20H21NO4. The van der Waals surface area contributed by atoms with Crippen LogP contribution in [0, 0.1) is 0 Å². The second-order valence-corrected chi connectivity index (χ2v) is 5.72. The first-order valence-electron chi connectivity index (χ1n) is 7.96. The molecule has 130 valence electrons. The van der Waals surface area contributed by atoms with Gasteiger partial charge in [-0.3, -0.25) is 4.79 Å². The second kappa shape index (κ2) is 6.89. The van der Waals surface area contributed by atoms with Gasteiger partial charge in [0.2, 0.25) is 0 Å². The highest BCUT2D eigenvalue weighted by Gasteiger charge is 2.22. The lowest BCUT2D eigenvalue weighted by Gasteiger charge is -2.12. The number of rotatable bonds is 5. The number of carbonyl (C=O) groups excluding carboxylic acids is 1. The van der Waals surface area contributed by atoms with E-state index >= 15 is 0 Å². The van der Waals surface area contributed by atoms with E-state index in [1.54, 1.807) is 14.2 Å². The zero-order chi connectivity index (χ0) is 18.0. The lowest BCUT2D eigenvalue weighted by molar-refractivity contribution is -0.139. The van der Waals surface area contributed by atoms with Crippen LogP contribution < -0.4 is 9.47 Å². The van der Waals surface area contributed by atoms with E-state index in [0.29, 0.717) is 0 Å². The van der Waals surface area contributed by atoms with E-state index in [2.05, 4.69) is 4.57 Å². The SMILES string of the molecule is COC(=O)Cc1c(-c2ccccc2OC)n(C)c2ccc(OC)cc12. The molecule has 0 aliphatic heterocycles. The summed E-state index contributed by atoms with van der Waals surface area (Å²) in [7, 11) is 6.66. The quantitative estimate of drug-likeness (QED) is 0.667. The number of aryl methyl sites for hydroxylation is 1. The first-order valence-corrected chi connectivity index (χ1v) is 7.96. The molecule has 0 spiro atoms. The molecule has 0 aliphatic carbocycles. The van der Waals surface area contributed by atoms with Gasteiger partial charge in [0.15, 0.2) is 0 Å². The summed E-state index contributed by atoms with van der Waals surface area (Å²) in [5, 5.41) is 0.966. The first-order chi connectivity index (χ1) is 12.1. The summed E-state index contributed by atoms with van der Waals surface area (Å²) in [6, 6.07) is 13.6. The summed E-state index contributed by atoms with van der Waals surface area (Å²) < 4.78 is 17.9. The van der Waals surface area contributed by atoms with E-state index in [4.69, 9.17) is 14.2 Å². The molecule has 0 atom stereocenters. The normalized spacial score (nSPS) is 10.7. The third-order valence-electron chi connectivity index (χ3n) is 4.42. The summed E-state index contributed by atoms with van der Waals surface area (Å²) in [5.41, 5.74) is 3.78. The van der Waals surface area contributed by atoms with E-state index in [0.717, 1.165) is 39.2 Å². The summed E-state index contributed by atoms with van der Waals surface area (Å²) in [5.74, 6) is 1.22. The number of nitrogens with zero attached hydrogens (tertiary/aromatic N) is 1. The highest BCUT2D eigenvalue weighted by molar-refractivity contribution is 5.96. The van der Waals surface area contributed by atoms with Crippen molar-refractivity contribution in [3.63, 3.8) is 0 Å². The number of esters is 1. The molecule has 1 heterocycles. The zero-order valence-corrected chi connectivity index (χ0v) is 14.8. The minimum Gasteiger partial charge on any atom is -0.497 e. The highest BCUT2D eigenvalue weighted by atomic mass is 16.5. The van der Waals surface area contributed by atoms with Crippen molar-refractivity contribution in [1.29, 1.82) is 0 Å². The number of ether oxygens (including phenoxy) is 3. The van der Waals surface area contributed by atoms with Crippen molar-refractivity contribution in [2.24, 2.45) is 7.05 Å². The van der Waals surface area contributed by atoms with Gasteiger partial charge >= 0.3 is 5.97 Å². The van der Waals surface area contributed by atoms with Crippen LogP contribution in [0.25, 0.3) is 22.2 Å². The molecule has 5 heteroatoms. The van der Waals surface area contributed by atoms with Crippen molar-refractivity contribution in [1.82, 2.24) is 4.57 Å². The van der Waals surface area contributed by atoms with Crippen molar-refractivity contribution < 1.29 is 19.0 Å². The maximum absolute atomic E-state index is 12.0. The van der Waals surface area contributed by atoms with Crippen molar-refractivity contribution in [3.05, 3.63) is 48.0 Å². The fraction of sp³-hybridized carbons (Fsp3) is 0.250. The highest BCUT2D eigenvalue weighted by Crippen LogP contribution is 2.39. The van der Waals surface area contributed by atoms with E-state index < -0.39 is 0 Å². The number of fused-ring (bicyclic) bond motifs is 1. The number of hydrogen-bond acceptors (Lipinski definition) is 4. The molecule has 0 N–H and O–H groups in total. The molecule has 5 nitrogen and oxygen atoms in total. The van der Waals surface area contributed by atoms with Gasteiger partial charge in [-0.2, -0.15) is 0 Å². The summed E-state index contributed by atoms with van der Waals surface area (Å²) in [4.78, 5) is 12.0. The Bertz CT molecular complexity index is 927. The second-order valence-electron chi connectivity index (χ2n) is 5.72. The Hall–Kier alpha value is -2.95. The van der Waals surface area contributed by atoms with Crippen LogP contribution in [-0.2, 0) is 23.0 Å². The first kappa shape index (κ1) is 16.9. The molecule has 0 bridgehead atoms. The number of carbonyl (C=O) groups is 1. The van der Waals surface area contributed by atoms with E-state index in [1.807, 2.05) is 49.5 Å². The van der Waals surface area contributed by atoms with Crippen molar-refractivity contribution in [2.75, 3.05) is 21.3 Å². The molecule has 3 rings (SSSR count). The van der Waals surface area contributed by atoms with Crippen LogP contribution in [0.5, 0.6) is 11.5 Å². The number of para-hydroxylation sites is 1. The monoisotopic (exact) mass is 339 g/mol. The topological polar surface area (TPSA) is 49.7 Å². The summed E-state index contributed by atoms with van der Waals surface area (Å²) in [6.45, 7) is 0. The minimum atomic E-state index is -0.286. The van der Waals surface area contributed by atoms with Gasteiger partial charge in [0.1, 0.15) is 11.5 Å². The molecule has 0 fully saturated rings. The van der Waals surface area contributed by atoms with Gasteiger partial charge in [0, 0.05) is 23.5 Å². The number of hydrogen-bond donors (Lipinski definition) is 0. The molecule has 0 amide bonds. The van der Waals surface area contributed by atoms with Crippen LogP contribution in [-0.4, -0.2) is 31.9 Å². The Morgan fingerprint density at radius 3 is 2.48 bits per heavy atom. The summed E-state index contributed by atoms with van der Waals surface area (Å²) in [6.07, 6.45) is 0.175. The zero-order valence-electron chi connectivity index (χ0n) is 14.8. The van der Waals surface area contributed by atoms with Crippen LogP contribution in [0.3, 0.4) is 0 Å².